The van der Waals surface area contributed by atoms with Crippen molar-refractivity contribution in [3.8, 4) is 0 Å². The van der Waals surface area contributed by atoms with Gasteiger partial charge in [-0.2, -0.15) is 0 Å². The maximum Gasteiger partial charge on any atom is 0.287 e. The zero-order chi connectivity index (χ0) is 14.5. The van der Waals surface area contributed by atoms with E-state index in [0.717, 1.165) is 5.39 Å². The van der Waals surface area contributed by atoms with Crippen molar-refractivity contribution >= 4 is 28.5 Å². The number of methoxy groups -OCH3 is 1. The van der Waals surface area contributed by atoms with Gasteiger partial charge < -0.3 is 19.6 Å². The Bertz CT molecular complexity index is 596. The lowest BCUT2D eigenvalue weighted by Crippen LogP contribution is -2.28. The van der Waals surface area contributed by atoms with Gasteiger partial charge in [-0.15, -0.1) is 0 Å². The van der Waals surface area contributed by atoms with E-state index < -0.39 is 6.10 Å². The van der Waals surface area contributed by atoms with Gasteiger partial charge in [0.05, 0.1) is 17.7 Å². The fourth-order valence-electron chi connectivity index (χ4n) is 1.85. The molecule has 0 aliphatic heterocycles. The van der Waals surface area contributed by atoms with Crippen molar-refractivity contribution in [1.29, 1.82) is 0 Å². The second-order valence-electron chi connectivity index (χ2n) is 4.42. The molecule has 0 fully saturated rings. The Morgan fingerprint density at radius 1 is 1.55 bits per heavy atom. The molecule has 5 nitrogen and oxygen atoms in total. The average molecular weight is 298 g/mol. The molecule has 0 saturated heterocycles. The molecule has 20 heavy (non-hydrogen) atoms. The Kier molecular flexibility index (Phi) is 5.00. The van der Waals surface area contributed by atoms with Gasteiger partial charge >= 0.3 is 0 Å². The molecule has 0 aliphatic rings. The van der Waals surface area contributed by atoms with Gasteiger partial charge in [-0.1, -0.05) is 23.7 Å². The number of hydrogen-bond donors (Lipinski definition) is 2. The minimum absolute atomic E-state index is 0.203. The maximum absolute atomic E-state index is 11.9. The highest BCUT2D eigenvalue weighted by molar-refractivity contribution is 6.34. The van der Waals surface area contributed by atoms with E-state index in [-0.39, 0.29) is 18.3 Å². The summed E-state index contributed by atoms with van der Waals surface area (Å²) < 4.78 is 10.2. The standard InChI is InChI=1S/C14H16ClNO4/c1-19-8-10(17)5-6-16-14(18)12-7-9-3-2-4-11(15)13(9)20-12/h2-4,7,10,17H,5-6,8H2,1H3,(H,16,18). The number of nitrogens with one attached hydrogen (secondary N) is 1. The number of fused-ring (bicyclic) bond motifs is 1. The van der Waals surface area contributed by atoms with Crippen LogP contribution in [0.5, 0.6) is 0 Å². The molecule has 0 bridgehead atoms. The minimum atomic E-state index is -0.592. The molecule has 6 heteroatoms. The Labute approximate surface area is 121 Å². The molecule has 0 saturated carbocycles. The SMILES string of the molecule is COCC(O)CCNC(=O)c1cc2cccc(Cl)c2o1. The van der Waals surface area contributed by atoms with Gasteiger partial charge in [0.25, 0.3) is 5.91 Å². The summed E-state index contributed by atoms with van der Waals surface area (Å²) in [4.78, 5) is 11.9. The predicted octanol–water partition coefficient (Wildman–Crippen LogP) is 2.21. The van der Waals surface area contributed by atoms with Gasteiger partial charge in [0.1, 0.15) is 0 Å². The van der Waals surface area contributed by atoms with Crippen LogP contribution in [0.4, 0.5) is 0 Å². The number of aliphatic hydroxyl groups is 1. The largest absolute Gasteiger partial charge is 0.449 e. The number of furan rings is 1. The number of benzene rings is 1. The van der Waals surface area contributed by atoms with E-state index in [9.17, 15) is 9.90 Å². The highest BCUT2D eigenvalue weighted by atomic mass is 35.5. The molecule has 2 N–H and O–H groups in total. The summed E-state index contributed by atoms with van der Waals surface area (Å²) in [5.74, 6) is -0.129. The lowest BCUT2D eigenvalue weighted by Gasteiger charge is -2.09. The number of halogens is 1. The number of ether oxygens (including phenoxy) is 1. The van der Waals surface area contributed by atoms with Crippen LogP contribution in [-0.2, 0) is 4.74 Å². The van der Waals surface area contributed by atoms with Gasteiger partial charge in [0.15, 0.2) is 11.3 Å². The number of carbonyl (C=O) groups is 1. The van der Waals surface area contributed by atoms with E-state index in [2.05, 4.69) is 5.32 Å². The summed E-state index contributed by atoms with van der Waals surface area (Å²) in [6, 6.07) is 6.96. The Morgan fingerprint density at radius 2 is 2.35 bits per heavy atom. The third-order valence-corrected chi connectivity index (χ3v) is 3.14. The van der Waals surface area contributed by atoms with Crippen LogP contribution < -0.4 is 5.32 Å². The van der Waals surface area contributed by atoms with Crippen molar-refractivity contribution in [2.75, 3.05) is 20.3 Å². The molecule has 1 unspecified atom stereocenters. The first-order valence-electron chi connectivity index (χ1n) is 6.25. The number of carbonyl (C=O) groups excluding carboxylic acids is 1. The number of rotatable bonds is 6. The van der Waals surface area contributed by atoms with E-state index in [1.807, 2.05) is 6.07 Å². The molecular weight excluding hydrogens is 282 g/mol. The fraction of sp³-hybridized carbons (Fsp3) is 0.357. The van der Waals surface area contributed by atoms with Crippen molar-refractivity contribution in [1.82, 2.24) is 5.32 Å². The van der Waals surface area contributed by atoms with Crippen LogP contribution in [0.15, 0.2) is 28.7 Å². The van der Waals surface area contributed by atoms with Crippen molar-refractivity contribution in [3.05, 3.63) is 35.0 Å². The van der Waals surface area contributed by atoms with Crippen molar-refractivity contribution in [2.24, 2.45) is 0 Å². The smallest absolute Gasteiger partial charge is 0.287 e. The molecule has 1 aromatic heterocycles. The lowest BCUT2D eigenvalue weighted by molar-refractivity contribution is 0.0586. The van der Waals surface area contributed by atoms with E-state index >= 15 is 0 Å². The monoisotopic (exact) mass is 297 g/mol. The van der Waals surface area contributed by atoms with E-state index in [4.69, 9.17) is 20.8 Å². The van der Waals surface area contributed by atoms with Gasteiger partial charge in [-0.3, -0.25) is 4.79 Å². The second kappa shape index (κ2) is 6.74. The molecule has 1 atom stereocenters. The predicted molar refractivity (Wildman–Crippen MR) is 76.1 cm³/mol. The first-order chi connectivity index (χ1) is 9.61. The fourth-order valence-corrected chi connectivity index (χ4v) is 2.07. The second-order valence-corrected chi connectivity index (χ2v) is 4.83. The van der Waals surface area contributed by atoms with Crippen LogP contribution in [-0.4, -0.2) is 37.4 Å². The summed E-state index contributed by atoms with van der Waals surface area (Å²) in [5, 5.41) is 13.4. The minimum Gasteiger partial charge on any atom is -0.449 e. The Morgan fingerprint density at radius 3 is 3.05 bits per heavy atom. The van der Waals surface area contributed by atoms with E-state index in [0.29, 0.717) is 23.6 Å². The van der Waals surface area contributed by atoms with Crippen LogP contribution in [0.2, 0.25) is 5.02 Å². The highest BCUT2D eigenvalue weighted by Gasteiger charge is 2.14. The zero-order valence-electron chi connectivity index (χ0n) is 11.1. The van der Waals surface area contributed by atoms with Crippen LogP contribution in [0.25, 0.3) is 11.0 Å². The maximum atomic E-state index is 11.9. The van der Waals surface area contributed by atoms with Crippen molar-refractivity contribution in [3.63, 3.8) is 0 Å². The molecule has 0 aliphatic carbocycles. The first kappa shape index (κ1) is 14.8. The molecule has 108 valence electrons. The molecule has 2 rings (SSSR count). The third kappa shape index (κ3) is 3.50. The summed E-state index contributed by atoms with van der Waals surface area (Å²) in [6.07, 6.45) is -0.175. The summed E-state index contributed by atoms with van der Waals surface area (Å²) in [6.45, 7) is 0.588. The molecule has 0 spiro atoms. The quantitative estimate of drug-likeness (QED) is 0.857. The van der Waals surface area contributed by atoms with Crippen LogP contribution >= 0.6 is 11.6 Å². The molecule has 1 amide bonds. The van der Waals surface area contributed by atoms with Crippen molar-refractivity contribution < 1.29 is 19.1 Å². The van der Waals surface area contributed by atoms with Crippen LogP contribution in [0.3, 0.4) is 0 Å². The lowest BCUT2D eigenvalue weighted by atomic mass is 10.2. The first-order valence-corrected chi connectivity index (χ1v) is 6.63. The van der Waals surface area contributed by atoms with Gasteiger partial charge in [0, 0.05) is 19.0 Å². The van der Waals surface area contributed by atoms with Crippen molar-refractivity contribution in [2.45, 2.75) is 12.5 Å². The number of hydrogen-bond acceptors (Lipinski definition) is 4. The highest BCUT2D eigenvalue weighted by Crippen LogP contribution is 2.26. The number of para-hydroxylation sites is 1. The van der Waals surface area contributed by atoms with Gasteiger partial charge in [0.2, 0.25) is 0 Å². The van der Waals surface area contributed by atoms with Gasteiger partial charge in [-0.05, 0) is 18.6 Å². The normalized spacial score (nSPS) is 12.6. The third-order valence-electron chi connectivity index (χ3n) is 2.84. The Hall–Kier alpha value is -1.56. The molecule has 2 aromatic rings. The molecule has 1 heterocycles. The number of aliphatic hydroxyl groups excluding tert-OH is 1. The summed E-state index contributed by atoms with van der Waals surface area (Å²) in [5.41, 5.74) is 0.499. The zero-order valence-corrected chi connectivity index (χ0v) is 11.8. The number of amides is 1. The summed E-state index contributed by atoms with van der Waals surface area (Å²) >= 11 is 5.98. The molecule has 0 radical (unpaired) electrons. The molecular formula is C14H16ClNO4. The van der Waals surface area contributed by atoms with E-state index in [1.165, 1.54) is 7.11 Å². The summed E-state index contributed by atoms with van der Waals surface area (Å²) in [7, 11) is 1.51. The average Bonchev–Trinajstić information content (AvgIpc) is 2.84. The van der Waals surface area contributed by atoms with Crippen LogP contribution in [0.1, 0.15) is 17.0 Å². The molecule has 1 aromatic carbocycles. The van der Waals surface area contributed by atoms with Gasteiger partial charge in [-0.25, -0.2) is 0 Å². The van der Waals surface area contributed by atoms with Crippen LogP contribution in [0, 0.1) is 0 Å². The Balaban J connectivity index is 1.96. The topological polar surface area (TPSA) is 71.7 Å². The van der Waals surface area contributed by atoms with E-state index in [1.54, 1.807) is 18.2 Å².